The Morgan fingerprint density at radius 2 is 1.94 bits per heavy atom. The molecule has 2 N–H and O–H groups in total. The van der Waals surface area contributed by atoms with Crippen LogP contribution in [0.1, 0.15) is 42.0 Å². The molecule has 1 aromatic rings. The fourth-order valence-corrected chi connectivity index (χ4v) is 3.16. The average Bonchev–Trinajstić information content (AvgIpc) is 3.08. The lowest BCUT2D eigenvalue weighted by molar-refractivity contribution is 0.236. The normalized spacial score (nSPS) is 29.8. The molecule has 2 atom stereocenters. The quantitative estimate of drug-likeness (QED) is 0.846. The van der Waals surface area contributed by atoms with E-state index in [0.29, 0.717) is 12.1 Å². The van der Waals surface area contributed by atoms with E-state index in [0.717, 1.165) is 12.5 Å². The fraction of sp³-hybridized carbons (Fsp3) is 0.600. The molecule has 0 amide bonds. The Labute approximate surface area is 104 Å². The fourth-order valence-electron chi connectivity index (χ4n) is 3.16. The third-order valence-electron chi connectivity index (χ3n) is 4.46. The van der Waals surface area contributed by atoms with Crippen molar-refractivity contribution >= 4 is 0 Å². The van der Waals surface area contributed by atoms with E-state index in [9.17, 15) is 0 Å². The zero-order chi connectivity index (χ0) is 12.0. The minimum atomic E-state index is 0.316. The second-order valence-corrected chi connectivity index (χ2v) is 5.66. The van der Waals surface area contributed by atoms with Gasteiger partial charge in [0.05, 0.1) is 6.04 Å². The molecule has 2 heteroatoms. The van der Waals surface area contributed by atoms with Crippen molar-refractivity contribution in [1.82, 2.24) is 4.90 Å². The number of likely N-dealkylation sites (tertiary alicyclic amines) is 1. The lowest BCUT2D eigenvalue weighted by Gasteiger charge is -2.28. The lowest BCUT2D eigenvalue weighted by atomic mass is 9.93. The van der Waals surface area contributed by atoms with Crippen molar-refractivity contribution in [3.8, 4) is 0 Å². The van der Waals surface area contributed by atoms with Crippen molar-refractivity contribution in [2.75, 3.05) is 6.54 Å². The molecule has 17 heavy (non-hydrogen) atoms. The first-order chi connectivity index (χ1) is 8.18. The molecule has 0 spiro atoms. The summed E-state index contributed by atoms with van der Waals surface area (Å²) in [4.78, 5) is 2.65. The van der Waals surface area contributed by atoms with Gasteiger partial charge in [0.25, 0.3) is 0 Å². The molecule has 1 saturated heterocycles. The molecule has 2 nitrogen and oxygen atoms in total. The lowest BCUT2D eigenvalue weighted by Crippen LogP contribution is -2.33. The first kappa shape index (κ1) is 11.2. The Balaban J connectivity index is 1.97. The molecule has 2 aliphatic rings. The minimum absolute atomic E-state index is 0.316. The van der Waals surface area contributed by atoms with Crippen molar-refractivity contribution in [2.24, 2.45) is 5.73 Å². The number of rotatable bonds is 2. The van der Waals surface area contributed by atoms with Gasteiger partial charge in [-0.1, -0.05) is 18.2 Å². The van der Waals surface area contributed by atoms with Crippen LogP contribution >= 0.6 is 0 Å². The topological polar surface area (TPSA) is 29.3 Å². The molecule has 92 valence electrons. The van der Waals surface area contributed by atoms with Gasteiger partial charge in [-0.25, -0.2) is 0 Å². The van der Waals surface area contributed by atoms with Crippen molar-refractivity contribution in [1.29, 1.82) is 0 Å². The number of nitrogens with zero attached hydrogens (tertiary/aromatic N) is 1. The predicted octanol–water partition coefficient (Wildman–Crippen LogP) is 2.54. The zero-order valence-corrected chi connectivity index (χ0v) is 10.8. The summed E-state index contributed by atoms with van der Waals surface area (Å²) in [6.07, 6.45) is 3.89. The predicted molar refractivity (Wildman–Crippen MR) is 71.0 cm³/mol. The van der Waals surface area contributed by atoms with E-state index in [2.05, 4.69) is 36.9 Å². The maximum Gasteiger partial charge on any atom is 0.0505 e. The first-order valence-electron chi connectivity index (χ1n) is 6.76. The first-order valence-corrected chi connectivity index (χ1v) is 6.76. The monoisotopic (exact) mass is 230 g/mol. The molecule has 1 aliphatic heterocycles. The number of nitrogens with two attached hydrogens (primary N) is 1. The summed E-state index contributed by atoms with van der Waals surface area (Å²) in [5.41, 5.74) is 10.6. The Bertz CT molecular complexity index is 423. The smallest absolute Gasteiger partial charge is 0.0505 e. The van der Waals surface area contributed by atoms with Gasteiger partial charge in [-0.15, -0.1) is 0 Å². The van der Waals surface area contributed by atoms with Gasteiger partial charge in [0.2, 0.25) is 0 Å². The van der Waals surface area contributed by atoms with Crippen LogP contribution in [0.3, 0.4) is 0 Å². The van der Waals surface area contributed by atoms with Crippen LogP contribution in [0, 0.1) is 13.8 Å². The third kappa shape index (κ3) is 1.90. The summed E-state index contributed by atoms with van der Waals surface area (Å²) in [6, 6.07) is 8.23. The molecule has 1 heterocycles. The molecule has 0 aromatic heterocycles. The molecule has 2 fully saturated rings. The van der Waals surface area contributed by atoms with Crippen molar-refractivity contribution < 1.29 is 0 Å². The Kier molecular flexibility index (Phi) is 2.72. The van der Waals surface area contributed by atoms with E-state index in [4.69, 9.17) is 5.73 Å². The molecular formula is C15H22N2. The second kappa shape index (κ2) is 4.11. The standard InChI is InChI=1S/C15H22N2/c1-10-4-3-5-13(11(10)2)15-14(16)8-9-17(15)12-6-7-12/h3-5,12,14-15H,6-9,16H2,1-2H3. The van der Waals surface area contributed by atoms with E-state index in [1.807, 2.05) is 0 Å². The molecule has 0 bridgehead atoms. The van der Waals surface area contributed by atoms with Gasteiger partial charge in [-0.05, 0) is 49.8 Å². The highest BCUT2D eigenvalue weighted by molar-refractivity contribution is 5.37. The van der Waals surface area contributed by atoms with E-state index in [1.165, 1.54) is 36.1 Å². The molecular weight excluding hydrogens is 208 g/mol. The van der Waals surface area contributed by atoms with Crippen LogP contribution in [0.2, 0.25) is 0 Å². The Morgan fingerprint density at radius 3 is 2.65 bits per heavy atom. The van der Waals surface area contributed by atoms with Crippen LogP contribution in [0.25, 0.3) is 0 Å². The van der Waals surface area contributed by atoms with Crippen LogP contribution in [-0.4, -0.2) is 23.5 Å². The summed E-state index contributed by atoms with van der Waals surface area (Å²) < 4.78 is 0. The summed E-state index contributed by atoms with van der Waals surface area (Å²) in [6.45, 7) is 5.62. The maximum atomic E-state index is 6.34. The summed E-state index contributed by atoms with van der Waals surface area (Å²) in [7, 11) is 0. The average molecular weight is 230 g/mol. The number of aryl methyl sites for hydroxylation is 1. The van der Waals surface area contributed by atoms with Gasteiger partial charge < -0.3 is 5.73 Å². The Morgan fingerprint density at radius 1 is 1.18 bits per heavy atom. The highest BCUT2D eigenvalue weighted by Gasteiger charge is 2.41. The molecule has 1 saturated carbocycles. The largest absolute Gasteiger partial charge is 0.326 e. The van der Waals surface area contributed by atoms with E-state index in [-0.39, 0.29) is 0 Å². The van der Waals surface area contributed by atoms with E-state index in [1.54, 1.807) is 0 Å². The van der Waals surface area contributed by atoms with E-state index < -0.39 is 0 Å². The summed E-state index contributed by atoms with van der Waals surface area (Å²) in [5.74, 6) is 0. The van der Waals surface area contributed by atoms with Crippen molar-refractivity contribution in [3.63, 3.8) is 0 Å². The van der Waals surface area contributed by atoms with Crippen LogP contribution in [0.5, 0.6) is 0 Å². The van der Waals surface area contributed by atoms with Crippen LogP contribution in [0.15, 0.2) is 18.2 Å². The van der Waals surface area contributed by atoms with E-state index >= 15 is 0 Å². The van der Waals surface area contributed by atoms with Crippen LogP contribution < -0.4 is 5.73 Å². The molecule has 0 radical (unpaired) electrons. The minimum Gasteiger partial charge on any atom is -0.326 e. The molecule has 3 rings (SSSR count). The van der Waals surface area contributed by atoms with Gasteiger partial charge in [-0.2, -0.15) is 0 Å². The Hall–Kier alpha value is -0.860. The van der Waals surface area contributed by atoms with Gasteiger partial charge in [0.1, 0.15) is 0 Å². The van der Waals surface area contributed by atoms with Gasteiger partial charge in [0, 0.05) is 18.6 Å². The van der Waals surface area contributed by atoms with Gasteiger partial charge in [0.15, 0.2) is 0 Å². The number of hydrogen-bond donors (Lipinski definition) is 1. The SMILES string of the molecule is Cc1cccc(C2C(N)CCN2C2CC2)c1C. The molecule has 2 unspecified atom stereocenters. The zero-order valence-electron chi connectivity index (χ0n) is 10.8. The van der Waals surface area contributed by atoms with Gasteiger partial charge >= 0.3 is 0 Å². The van der Waals surface area contributed by atoms with Crippen LogP contribution in [0.4, 0.5) is 0 Å². The van der Waals surface area contributed by atoms with Crippen LogP contribution in [-0.2, 0) is 0 Å². The number of benzene rings is 1. The third-order valence-corrected chi connectivity index (χ3v) is 4.46. The van der Waals surface area contributed by atoms with Crippen molar-refractivity contribution in [3.05, 3.63) is 34.9 Å². The van der Waals surface area contributed by atoms with Gasteiger partial charge in [-0.3, -0.25) is 4.90 Å². The van der Waals surface area contributed by atoms with Crippen molar-refractivity contribution in [2.45, 2.75) is 51.2 Å². The number of hydrogen-bond acceptors (Lipinski definition) is 2. The molecule has 1 aromatic carbocycles. The highest BCUT2D eigenvalue weighted by atomic mass is 15.2. The highest BCUT2D eigenvalue weighted by Crippen LogP contribution is 2.41. The second-order valence-electron chi connectivity index (χ2n) is 5.66. The summed E-state index contributed by atoms with van der Waals surface area (Å²) in [5, 5.41) is 0. The molecule has 1 aliphatic carbocycles. The summed E-state index contributed by atoms with van der Waals surface area (Å²) >= 11 is 0. The maximum absolute atomic E-state index is 6.34.